The Morgan fingerprint density at radius 2 is 2.06 bits per heavy atom. The summed E-state index contributed by atoms with van der Waals surface area (Å²) in [6.07, 6.45) is 4.37. The molecule has 6 rings (SSSR count). The molecule has 4 heterocycles. The highest BCUT2D eigenvalue weighted by Gasteiger charge is 2.33. The number of nitrogen functional groups attached to an aromatic ring is 1. The van der Waals surface area contributed by atoms with Crippen molar-refractivity contribution in [3.8, 4) is 5.75 Å². The molecule has 2 N–H and O–H groups in total. The van der Waals surface area contributed by atoms with E-state index < -0.39 is 0 Å². The van der Waals surface area contributed by atoms with Gasteiger partial charge in [0.2, 0.25) is 5.95 Å². The fraction of sp³-hybridized carbons (Fsp3) is 0.455. The number of methoxy groups -OCH3 is 1. The van der Waals surface area contributed by atoms with E-state index in [1.807, 2.05) is 18.2 Å². The maximum Gasteiger partial charge on any atom is 0.223 e. The molecule has 1 saturated carbocycles. The lowest BCUT2D eigenvalue weighted by Crippen LogP contribution is -2.33. The first-order valence-corrected chi connectivity index (χ1v) is 10.9. The summed E-state index contributed by atoms with van der Waals surface area (Å²) in [6, 6.07) is 5.79. The molecule has 0 atom stereocenters. The van der Waals surface area contributed by atoms with Crippen molar-refractivity contribution >= 4 is 22.5 Å². The van der Waals surface area contributed by atoms with E-state index in [-0.39, 0.29) is 0 Å². The topological polar surface area (TPSA) is 99.4 Å². The number of nitrogens with zero attached hydrogens (tertiary/aromatic N) is 7. The Kier molecular flexibility index (Phi) is 4.14. The SMILES string of the molecule is COc1cccc2c1nc(N)n1nc(CCN3CCc4c(c(C5CC5)nn4C)C3)nc21. The summed E-state index contributed by atoms with van der Waals surface area (Å²) in [7, 11) is 3.71. The number of aromatic nitrogens is 6. The van der Waals surface area contributed by atoms with Crippen LogP contribution < -0.4 is 10.5 Å². The second kappa shape index (κ2) is 6.91. The first kappa shape index (κ1) is 18.6. The molecule has 1 fully saturated rings. The van der Waals surface area contributed by atoms with Crippen LogP contribution in [0.3, 0.4) is 0 Å². The van der Waals surface area contributed by atoms with Crippen molar-refractivity contribution < 1.29 is 4.74 Å². The van der Waals surface area contributed by atoms with Crippen LogP contribution in [0.2, 0.25) is 0 Å². The summed E-state index contributed by atoms with van der Waals surface area (Å²) in [6.45, 7) is 2.91. The van der Waals surface area contributed by atoms with Crippen molar-refractivity contribution in [3.63, 3.8) is 0 Å². The third-order valence-electron chi connectivity index (χ3n) is 6.52. The van der Waals surface area contributed by atoms with Crippen molar-refractivity contribution in [2.45, 2.75) is 38.1 Å². The summed E-state index contributed by atoms with van der Waals surface area (Å²) in [5.41, 5.74) is 11.8. The maximum absolute atomic E-state index is 6.18. The Morgan fingerprint density at radius 3 is 2.87 bits per heavy atom. The lowest BCUT2D eigenvalue weighted by Gasteiger charge is -2.27. The Labute approximate surface area is 179 Å². The number of para-hydroxylation sites is 1. The molecule has 1 aromatic carbocycles. The average molecular weight is 419 g/mol. The van der Waals surface area contributed by atoms with Crippen LogP contribution in [0.25, 0.3) is 16.6 Å². The van der Waals surface area contributed by atoms with E-state index >= 15 is 0 Å². The molecular weight excluding hydrogens is 392 g/mol. The van der Waals surface area contributed by atoms with E-state index in [2.05, 4.69) is 26.7 Å². The van der Waals surface area contributed by atoms with Crippen molar-refractivity contribution in [3.05, 3.63) is 41.0 Å². The van der Waals surface area contributed by atoms with Gasteiger partial charge in [-0.25, -0.2) is 9.97 Å². The molecule has 2 aliphatic rings. The van der Waals surface area contributed by atoms with E-state index in [0.717, 1.165) is 49.3 Å². The number of rotatable bonds is 5. The first-order chi connectivity index (χ1) is 15.1. The number of hydrogen-bond acceptors (Lipinski definition) is 7. The van der Waals surface area contributed by atoms with Crippen LogP contribution in [0, 0.1) is 0 Å². The van der Waals surface area contributed by atoms with Gasteiger partial charge in [-0.15, -0.1) is 5.10 Å². The van der Waals surface area contributed by atoms with E-state index in [1.54, 1.807) is 11.6 Å². The third-order valence-corrected chi connectivity index (χ3v) is 6.52. The Balaban J connectivity index is 1.25. The molecule has 3 aromatic heterocycles. The van der Waals surface area contributed by atoms with Gasteiger partial charge in [-0.05, 0) is 25.0 Å². The van der Waals surface area contributed by atoms with Gasteiger partial charge in [0.1, 0.15) is 11.3 Å². The zero-order chi connectivity index (χ0) is 21.1. The minimum absolute atomic E-state index is 0.317. The van der Waals surface area contributed by atoms with Gasteiger partial charge in [0, 0.05) is 62.1 Å². The van der Waals surface area contributed by atoms with E-state index in [0.29, 0.717) is 23.1 Å². The van der Waals surface area contributed by atoms with E-state index in [1.165, 1.54) is 29.8 Å². The molecule has 0 spiro atoms. The Hall–Kier alpha value is -3.20. The van der Waals surface area contributed by atoms with E-state index in [4.69, 9.17) is 20.6 Å². The lowest BCUT2D eigenvalue weighted by atomic mass is 10.0. The van der Waals surface area contributed by atoms with Gasteiger partial charge >= 0.3 is 0 Å². The minimum atomic E-state index is 0.317. The number of fused-ring (bicyclic) bond motifs is 4. The summed E-state index contributed by atoms with van der Waals surface area (Å²) in [4.78, 5) is 11.8. The lowest BCUT2D eigenvalue weighted by molar-refractivity contribution is 0.252. The molecule has 1 aliphatic heterocycles. The monoisotopic (exact) mass is 418 g/mol. The maximum atomic E-state index is 6.18. The highest BCUT2D eigenvalue weighted by molar-refractivity contribution is 5.95. The number of anilines is 1. The van der Waals surface area contributed by atoms with Crippen LogP contribution in [0.15, 0.2) is 18.2 Å². The molecule has 9 nitrogen and oxygen atoms in total. The fourth-order valence-corrected chi connectivity index (χ4v) is 4.75. The van der Waals surface area contributed by atoms with E-state index in [9.17, 15) is 0 Å². The second-order valence-corrected chi connectivity index (χ2v) is 8.57. The zero-order valence-corrected chi connectivity index (χ0v) is 17.9. The smallest absolute Gasteiger partial charge is 0.223 e. The standard InChI is InChI=1S/C22H26N8O/c1-28-16-8-10-29(12-15(16)19(27-28)13-6-7-13)11-9-18-24-21-14-4-3-5-17(31-2)20(14)25-22(23)30(21)26-18/h3-5,13H,6-12H2,1-2H3,(H2,23,25). The molecule has 160 valence electrons. The van der Waals surface area contributed by atoms with Crippen LogP contribution in [-0.4, -0.2) is 54.5 Å². The largest absolute Gasteiger partial charge is 0.494 e. The molecular formula is C22H26N8O. The highest BCUT2D eigenvalue weighted by atomic mass is 16.5. The van der Waals surface area contributed by atoms with Gasteiger partial charge < -0.3 is 10.5 Å². The van der Waals surface area contributed by atoms with Crippen LogP contribution >= 0.6 is 0 Å². The molecule has 0 unspecified atom stereocenters. The highest BCUT2D eigenvalue weighted by Crippen LogP contribution is 2.42. The van der Waals surface area contributed by atoms with Gasteiger partial charge in [-0.1, -0.05) is 6.07 Å². The predicted octanol–water partition coefficient (Wildman–Crippen LogP) is 2.08. The molecule has 31 heavy (non-hydrogen) atoms. The van der Waals surface area contributed by atoms with Gasteiger partial charge in [0.25, 0.3) is 0 Å². The number of ether oxygens (including phenoxy) is 1. The van der Waals surface area contributed by atoms with Crippen molar-refractivity contribution in [1.29, 1.82) is 0 Å². The summed E-state index contributed by atoms with van der Waals surface area (Å²) < 4.78 is 9.17. The number of nitrogens with two attached hydrogens (primary N) is 1. The summed E-state index contributed by atoms with van der Waals surface area (Å²) >= 11 is 0. The van der Waals surface area contributed by atoms with Crippen molar-refractivity contribution in [1.82, 2.24) is 34.3 Å². The molecule has 1 aliphatic carbocycles. The summed E-state index contributed by atoms with van der Waals surface area (Å²) in [5.74, 6) is 2.46. The van der Waals surface area contributed by atoms with Gasteiger partial charge in [-0.2, -0.15) is 9.61 Å². The van der Waals surface area contributed by atoms with Crippen LogP contribution in [-0.2, 0) is 26.4 Å². The zero-order valence-electron chi connectivity index (χ0n) is 17.9. The number of hydrogen-bond donors (Lipinski definition) is 1. The molecule has 9 heteroatoms. The first-order valence-electron chi connectivity index (χ1n) is 10.9. The third kappa shape index (κ3) is 3.03. The molecule has 0 radical (unpaired) electrons. The summed E-state index contributed by atoms with van der Waals surface area (Å²) in [5, 5.41) is 10.3. The van der Waals surface area contributed by atoms with Crippen LogP contribution in [0.1, 0.15) is 41.5 Å². The van der Waals surface area contributed by atoms with Crippen LogP contribution in [0.5, 0.6) is 5.75 Å². The molecule has 4 aromatic rings. The number of aryl methyl sites for hydroxylation is 1. The normalized spacial score (nSPS) is 16.8. The fourth-order valence-electron chi connectivity index (χ4n) is 4.75. The molecule has 0 bridgehead atoms. The predicted molar refractivity (Wildman–Crippen MR) is 117 cm³/mol. The Morgan fingerprint density at radius 1 is 1.19 bits per heavy atom. The average Bonchev–Trinajstić information content (AvgIpc) is 3.44. The van der Waals surface area contributed by atoms with Crippen molar-refractivity contribution in [2.75, 3.05) is 25.9 Å². The minimum Gasteiger partial charge on any atom is -0.494 e. The second-order valence-electron chi connectivity index (χ2n) is 8.57. The van der Waals surface area contributed by atoms with Gasteiger partial charge in [-0.3, -0.25) is 9.58 Å². The van der Waals surface area contributed by atoms with Gasteiger partial charge in [0.05, 0.1) is 12.8 Å². The molecule has 0 saturated heterocycles. The number of benzene rings is 1. The van der Waals surface area contributed by atoms with Crippen LogP contribution in [0.4, 0.5) is 5.95 Å². The Bertz CT molecular complexity index is 1300. The van der Waals surface area contributed by atoms with Crippen molar-refractivity contribution in [2.24, 2.45) is 7.05 Å². The quantitative estimate of drug-likeness (QED) is 0.530. The van der Waals surface area contributed by atoms with Gasteiger partial charge in [0.15, 0.2) is 11.5 Å². The molecule has 0 amide bonds.